The van der Waals surface area contributed by atoms with E-state index in [1.165, 1.54) is 44.5 Å². The number of benzene rings is 15. The molecular weight excluding hydrogens is 1310 g/mol. The van der Waals surface area contributed by atoms with Crippen LogP contribution in [0.5, 0.6) is 0 Å². The van der Waals surface area contributed by atoms with Gasteiger partial charge in [0.15, 0.2) is 34.9 Å². The SMILES string of the molecule is Cc1cccc(-c2ccc3c(c2)c2cc(-c4cccc(C)c4)ccc2n3-c2ccc(-c3nc(-c4ccccc4)nc(-c4ccccc4)n3)cc2-c2cccc(-c3cc(-c4nc(-c5ccccc5)nc(-c5ccccc5)n4)ccc3-n3c4ccc(-c5cccc(C)c5)cc4c4cc(-c5cccc(C)c5)ccc43)c2)c1. The van der Waals surface area contributed by atoms with Gasteiger partial charge in [-0.2, -0.15) is 0 Å². The summed E-state index contributed by atoms with van der Waals surface area (Å²) >= 11 is 0. The quantitative estimate of drug-likeness (QED) is 0.108. The molecule has 0 spiro atoms. The highest BCUT2D eigenvalue weighted by molar-refractivity contribution is 6.14. The van der Waals surface area contributed by atoms with Gasteiger partial charge in [0, 0.05) is 66.1 Å². The predicted molar refractivity (Wildman–Crippen MR) is 446 cm³/mol. The van der Waals surface area contributed by atoms with E-state index in [1.807, 2.05) is 72.8 Å². The third-order valence-electron chi connectivity index (χ3n) is 20.8. The molecule has 0 fully saturated rings. The second-order valence-electron chi connectivity index (χ2n) is 28.2. The molecule has 510 valence electrons. The van der Waals surface area contributed by atoms with Crippen molar-refractivity contribution in [3.63, 3.8) is 0 Å². The van der Waals surface area contributed by atoms with Crippen molar-refractivity contribution < 1.29 is 0 Å². The summed E-state index contributed by atoms with van der Waals surface area (Å²) in [5, 5.41) is 4.59. The molecule has 108 heavy (non-hydrogen) atoms. The van der Waals surface area contributed by atoms with Crippen LogP contribution in [0.1, 0.15) is 22.3 Å². The smallest absolute Gasteiger partial charge is 0.164 e. The van der Waals surface area contributed by atoms with E-state index in [2.05, 4.69) is 316 Å². The first-order valence-electron chi connectivity index (χ1n) is 36.7. The molecular formula is C100H70N8. The lowest BCUT2D eigenvalue weighted by atomic mass is 9.94. The van der Waals surface area contributed by atoms with Crippen LogP contribution in [0.15, 0.2) is 352 Å². The lowest BCUT2D eigenvalue weighted by Crippen LogP contribution is -2.02. The van der Waals surface area contributed by atoms with E-state index in [9.17, 15) is 0 Å². The standard InChI is InChI=1S/C100H70N8/c1-63-22-17-34-71(52-63)75-40-46-91-85(57-75)86-58-76(72-35-18-23-64(2)53-72)41-47-92(86)107(91)89-50-44-81(99-103-95(67-26-9-5-10-27-67)101-96(104-99)68-28-11-6-12-29-68)61-83(89)79-38-21-39-80(56-79)84-62-82(100-105-97(69-30-13-7-14-31-69)102-98(106-100)70-32-15-8-16-33-70)45-51-90(84)108-93-48-42-77(73-36-19-24-65(3)54-73)59-87(93)88-60-78(43-49-94(88)108)74-37-20-25-66(4)55-74/h5-62H,1-4H3. The Kier molecular flexibility index (Phi) is 16.3. The van der Waals surface area contributed by atoms with Crippen molar-refractivity contribution in [2.24, 2.45) is 0 Å². The predicted octanol–water partition coefficient (Wildman–Crippen LogP) is 25.5. The maximum absolute atomic E-state index is 5.36. The number of rotatable bonds is 14. The van der Waals surface area contributed by atoms with Gasteiger partial charge in [0.2, 0.25) is 0 Å². The summed E-state index contributed by atoms with van der Waals surface area (Å²) in [5.74, 6) is 3.46. The van der Waals surface area contributed by atoms with Crippen LogP contribution < -0.4 is 0 Å². The lowest BCUT2D eigenvalue weighted by Gasteiger charge is -2.19. The fourth-order valence-corrected chi connectivity index (χ4v) is 15.5. The molecule has 0 saturated heterocycles. The van der Waals surface area contributed by atoms with Gasteiger partial charge in [-0.25, -0.2) is 29.9 Å². The van der Waals surface area contributed by atoms with E-state index >= 15 is 0 Å². The third-order valence-corrected chi connectivity index (χ3v) is 20.8. The van der Waals surface area contributed by atoms with Gasteiger partial charge in [0.25, 0.3) is 0 Å². The second-order valence-corrected chi connectivity index (χ2v) is 28.2. The highest BCUT2D eigenvalue weighted by atomic mass is 15.1. The summed E-state index contributed by atoms with van der Waals surface area (Å²) in [7, 11) is 0. The van der Waals surface area contributed by atoms with Gasteiger partial charge in [-0.15, -0.1) is 0 Å². The molecule has 8 nitrogen and oxygen atoms in total. The van der Waals surface area contributed by atoms with Gasteiger partial charge >= 0.3 is 0 Å². The monoisotopic (exact) mass is 1380 g/mol. The zero-order valence-electron chi connectivity index (χ0n) is 60.1. The van der Waals surface area contributed by atoms with Gasteiger partial charge in [-0.3, -0.25) is 0 Å². The van der Waals surface area contributed by atoms with Crippen molar-refractivity contribution in [1.29, 1.82) is 0 Å². The van der Waals surface area contributed by atoms with Crippen LogP contribution in [0.3, 0.4) is 0 Å². The van der Waals surface area contributed by atoms with Crippen molar-refractivity contribution in [2.75, 3.05) is 0 Å². The topological polar surface area (TPSA) is 87.2 Å². The van der Waals surface area contributed by atoms with Crippen LogP contribution in [0.2, 0.25) is 0 Å². The molecule has 4 aromatic heterocycles. The first-order valence-corrected chi connectivity index (χ1v) is 36.7. The van der Waals surface area contributed by atoms with Crippen LogP contribution in [0.4, 0.5) is 0 Å². The largest absolute Gasteiger partial charge is 0.309 e. The molecule has 0 aliphatic rings. The Labute approximate surface area is 627 Å². The zero-order chi connectivity index (χ0) is 72.3. The Morgan fingerprint density at radius 1 is 0.167 bits per heavy atom. The fourth-order valence-electron chi connectivity index (χ4n) is 15.5. The van der Waals surface area contributed by atoms with Crippen LogP contribution in [0.25, 0.3) is 190 Å². The average molecular weight is 1380 g/mol. The van der Waals surface area contributed by atoms with Crippen LogP contribution in [0, 0.1) is 27.7 Å². The van der Waals surface area contributed by atoms with Crippen molar-refractivity contribution in [3.05, 3.63) is 374 Å². The van der Waals surface area contributed by atoms with Crippen LogP contribution in [-0.2, 0) is 0 Å². The Balaban J connectivity index is 0.879. The molecule has 0 aliphatic carbocycles. The number of aryl methyl sites for hydroxylation is 4. The molecule has 0 N–H and O–H groups in total. The highest BCUT2D eigenvalue weighted by Gasteiger charge is 2.25. The highest BCUT2D eigenvalue weighted by Crippen LogP contribution is 2.46. The van der Waals surface area contributed by atoms with E-state index in [-0.39, 0.29) is 0 Å². The number of fused-ring (bicyclic) bond motifs is 6. The molecule has 0 amide bonds. The maximum Gasteiger partial charge on any atom is 0.164 e. The summed E-state index contributed by atoms with van der Waals surface area (Å²) < 4.78 is 4.93. The second kappa shape index (κ2) is 27.2. The Hall–Kier alpha value is -14.1. The van der Waals surface area contributed by atoms with Gasteiger partial charge in [-0.1, -0.05) is 283 Å². The lowest BCUT2D eigenvalue weighted by molar-refractivity contribution is 1.07. The van der Waals surface area contributed by atoms with Crippen LogP contribution in [-0.4, -0.2) is 39.0 Å². The maximum atomic E-state index is 5.36. The van der Waals surface area contributed by atoms with Gasteiger partial charge in [0.05, 0.1) is 33.4 Å². The van der Waals surface area contributed by atoms with Crippen molar-refractivity contribution in [1.82, 2.24) is 39.0 Å². The summed E-state index contributed by atoms with van der Waals surface area (Å²) in [4.78, 5) is 31.8. The molecule has 0 bridgehead atoms. The molecule has 4 heterocycles. The van der Waals surface area contributed by atoms with E-state index in [0.29, 0.717) is 34.9 Å². The van der Waals surface area contributed by atoms with Crippen LogP contribution >= 0.6 is 0 Å². The van der Waals surface area contributed by atoms with E-state index in [0.717, 1.165) is 133 Å². The summed E-state index contributed by atoms with van der Waals surface area (Å²) in [6.45, 7) is 8.65. The zero-order valence-corrected chi connectivity index (χ0v) is 60.1. The first-order chi connectivity index (χ1) is 53.1. The minimum Gasteiger partial charge on any atom is -0.309 e. The molecule has 0 radical (unpaired) electrons. The molecule has 19 rings (SSSR count). The third kappa shape index (κ3) is 12.2. The molecule has 0 saturated carbocycles. The average Bonchev–Trinajstić information content (AvgIpc) is 1.57. The normalized spacial score (nSPS) is 11.5. The van der Waals surface area contributed by atoms with Gasteiger partial charge < -0.3 is 9.13 Å². The number of nitrogens with zero attached hydrogens (tertiary/aromatic N) is 8. The molecule has 8 heteroatoms. The summed E-state index contributed by atoms with van der Waals surface area (Å²) in [5.41, 5.74) is 29.6. The molecule has 0 unspecified atom stereocenters. The minimum atomic E-state index is 0.555. The number of hydrogen-bond donors (Lipinski definition) is 0. The van der Waals surface area contributed by atoms with Crippen molar-refractivity contribution in [2.45, 2.75) is 27.7 Å². The van der Waals surface area contributed by atoms with Crippen molar-refractivity contribution in [3.8, 4) is 146 Å². The minimum absolute atomic E-state index is 0.555. The summed E-state index contributed by atoms with van der Waals surface area (Å²) in [6.07, 6.45) is 0. The number of aromatic nitrogens is 8. The van der Waals surface area contributed by atoms with Gasteiger partial charge in [0.1, 0.15) is 0 Å². The van der Waals surface area contributed by atoms with E-state index < -0.39 is 0 Å². The molecule has 15 aromatic carbocycles. The Morgan fingerprint density at radius 3 is 0.657 bits per heavy atom. The Bertz CT molecular complexity index is 5990. The van der Waals surface area contributed by atoms with Gasteiger partial charge in [-0.05, 0) is 174 Å². The molecule has 0 aliphatic heterocycles. The molecule has 19 aromatic rings. The van der Waals surface area contributed by atoms with Crippen molar-refractivity contribution >= 4 is 43.6 Å². The number of hydrogen-bond acceptors (Lipinski definition) is 6. The fraction of sp³-hybridized carbons (Fsp3) is 0.0400. The Morgan fingerprint density at radius 2 is 0.389 bits per heavy atom. The molecule has 0 atom stereocenters. The summed E-state index contributed by atoms with van der Waals surface area (Å²) in [6, 6.07) is 126. The van der Waals surface area contributed by atoms with E-state index in [4.69, 9.17) is 29.9 Å². The van der Waals surface area contributed by atoms with E-state index in [1.54, 1.807) is 0 Å². The first kappa shape index (κ1) is 64.7.